The van der Waals surface area contributed by atoms with E-state index < -0.39 is 0 Å². The van der Waals surface area contributed by atoms with E-state index in [1.165, 1.54) is 10.5 Å². The molecule has 26 heavy (non-hydrogen) atoms. The molecule has 1 aromatic carbocycles. The van der Waals surface area contributed by atoms with Gasteiger partial charge in [-0.2, -0.15) is 0 Å². The summed E-state index contributed by atoms with van der Waals surface area (Å²) in [7, 11) is 0. The quantitative estimate of drug-likeness (QED) is 0.596. The summed E-state index contributed by atoms with van der Waals surface area (Å²) in [6.45, 7) is 7.55. The Morgan fingerprint density at radius 3 is 2.35 bits per heavy atom. The molecule has 140 valence electrons. The number of nitrogens with zero attached hydrogens (tertiary/aromatic N) is 1. The zero-order valence-electron chi connectivity index (χ0n) is 16.0. The van der Waals surface area contributed by atoms with Crippen LogP contribution in [0.25, 0.3) is 0 Å². The number of hydrogen-bond donors (Lipinski definition) is 0. The Hall–Kier alpha value is -1.84. The summed E-state index contributed by atoms with van der Waals surface area (Å²) in [5.41, 5.74) is 1.33. The summed E-state index contributed by atoms with van der Waals surface area (Å²) < 4.78 is 5.87. The normalized spacial score (nSPS) is 30.2. The second kappa shape index (κ2) is 6.40. The molecule has 2 amide bonds. The second-order valence-electron chi connectivity index (χ2n) is 9.19. The number of benzene rings is 1. The second-order valence-corrected chi connectivity index (χ2v) is 9.19. The SMILES string of the molecule is CC(C)(C)c1cccc(OCCCN2C(=O)C3C4CC[C@@H](C4)C3C2=O)c1. The van der Waals surface area contributed by atoms with Crippen molar-refractivity contribution >= 4 is 11.8 Å². The number of imide groups is 1. The number of rotatable bonds is 5. The summed E-state index contributed by atoms with van der Waals surface area (Å²) in [6.07, 6.45) is 4.04. The largest absolute Gasteiger partial charge is 0.494 e. The highest BCUT2D eigenvalue weighted by atomic mass is 16.5. The molecule has 3 fully saturated rings. The predicted octanol–water partition coefficient (Wildman–Crippen LogP) is 3.78. The van der Waals surface area contributed by atoms with Crippen molar-refractivity contribution in [3.8, 4) is 5.75 Å². The first-order valence-electron chi connectivity index (χ1n) is 9.95. The van der Waals surface area contributed by atoms with Gasteiger partial charge in [0, 0.05) is 6.54 Å². The van der Waals surface area contributed by atoms with Crippen molar-refractivity contribution in [3.05, 3.63) is 29.8 Å². The Labute approximate surface area is 155 Å². The van der Waals surface area contributed by atoms with Crippen LogP contribution in [0.5, 0.6) is 5.75 Å². The van der Waals surface area contributed by atoms with E-state index in [-0.39, 0.29) is 29.1 Å². The third-order valence-electron chi connectivity index (χ3n) is 6.51. The van der Waals surface area contributed by atoms with E-state index in [4.69, 9.17) is 4.74 Å². The van der Waals surface area contributed by atoms with Gasteiger partial charge in [0.15, 0.2) is 0 Å². The summed E-state index contributed by atoms with van der Waals surface area (Å²) in [6, 6.07) is 8.17. The highest BCUT2D eigenvalue weighted by Gasteiger charge is 2.60. The van der Waals surface area contributed by atoms with E-state index in [1.807, 2.05) is 12.1 Å². The van der Waals surface area contributed by atoms with Gasteiger partial charge >= 0.3 is 0 Å². The summed E-state index contributed by atoms with van der Waals surface area (Å²) in [5.74, 6) is 1.93. The minimum Gasteiger partial charge on any atom is -0.494 e. The summed E-state index contributed by atoms with van der Waals surface area (Å²) >= 11 is 0. The fourth-order valence-corrected chi connectivity index (χ4v) is 5.16. The van der Waals surface area contributed by atoms with E-state index in [2.05, 4.69) is 32.9 Å². The van der Waals surface area contributed by atoms with Crippen LogP contribution in [0.4, 0.5) is 0 Å². The molecule has 1 saturated heterocycles. The number of carbonyl (C=O) groups excluding carboxylic acids is 2. The first kappa shape index (κ1) is 17.6. The molecule has 4 heteroatoms. The Morgan fingerprint density at radius 2 is 1.73 bits per heavy atom. The fourth-order valence-electron chi connectivity index (χ4n) is 5.16. The van der Waals surface area contributed by atoms with Crippen LogP contribution in [-0.2, 0) is 15.0 Å². The van der Waals surface area contributed by atoms with Gasteiger partial charge in [0.2, 0.25) is 11.8 Å². The van der Waals surface area contributed by atoms with E-state index in [9.17, 15) is 9.59 Å². The Balaban J connectivity index is 1.31. The van der Waals surface area contributed by atoms with Gasteiger partial charge in [-0.3, -0.25) is 14.5 Å². The van der Waals surface area contributed by atoms with Crippen LogP contribution in [-0.4, -0.2) is 29.9 Å². The fraction of sp³-hybridized carbons (Fsp3) is 0.636. The molecular formula is C22H29NO3. The standard InChI is InChI=1S/C22H29NO3/c1-22(2,3)16-6-4-7-17(13-16)26-11-5-10-23-20(24)18-14-8-9-15(12-14)19(18)21(23)25/h4,6-7,13-15,18-19H,5,8-12H2,1-3H3/t14-,15?,18?,19?/m0/s1. The minimum atomic E-state index is -0.00867. The maximum atomic E-state index is 12.7. The Morgan fingerprint density at radius 1 is 1.08 bits per heavy atom. The molecule has 3 unspecified atom stereocenters. The van der Waals surface area contributed by atoms with Gasteiger partial charge in [0.25, 0.3) is 0 Å². The highest BCUT2D eigenvalue weighted by Crippen LogP contribution is 2.56. The number of amides is 2. The summed E-state index contributed by atoms with van der Waals surface area (Å²) in [5, 5.41) is 0. The van der Waals surface area contributed by atoms with Crippen LogP contribution in [0.2, 0.25) is 0 Å². The van der Waals surface area contributed by atoms with Gasteiger partial charge in [-0.15, -0.1) is 0 Å². The molecule has 1 aliphatic heterocycles. The van der Waals surface area contributed by atoms with Crippen LogP contribution in [0.3, 0.4) is 0 Å². The molecule has 2 aliphatic carbocycles. The third-order valence-corrected chi connectivity index (χ3v) is 6.51. The molecule has 1 heterocycles. The van der Waals surface area contributed by atoms with Gasteiger partial charge in [0.05, 0.1) is 18.4 Å². The number of hydrogen-bond acceptors (Lipinski definition) is 3. The average molecular weight is 355 g/mol. The maximum absolute atomic E-state index is 12.7. The highest BCUT2D eigenvalue weighted by molar-refractivity contribution is 6.06. The van der Waals surface area contributed by atoms with Crippen LogP contribution in [0.1, 0.15) is 52.0 Å². The number of likely N-dealkylation sites (tertiary alicyclic amines) is 1. The topological polar surface area (TPSA) is 46.6 Å². The summed E-state index contributed by atoms with van der Waals surface area (Å²) in [4.78, 5) is 26.9. The molecule has 0 radical (unpaired) electrons. The molecule has 3 aliphatic rings. The van der Waals surface area contributed by atoms with E-state index in [0.717, 1.165) is 25.0 Å². The zero-order chi connectivity index (χ0) is 18.5. The van der Waals surface area contributed by atoms with E-state index >= 15 is 0 Å². The first-order valence-corrected chi connectivity index (χ1v) is 9.95. The minimum absolute atomic E-state index is 0.00867. The Kier molecular flexibility index (Phi) is 4.32. The van der Waals surface area contributed by atoms with Crippen molar-refractivity contribution in [1.29, 1.82) is 0 Å². The molecule has 0 aromatic heterocycles. The molecule has 0 N–H and O–H groups in total. The molecule has 0 spiro atoms. The van der Waals surface area contributed by atoms with Crippen LogP contribution in [0.15, 0.2) is 24.3 Å². The average Bonchev–Trinajstić information content (AvgIpc) is 3.27. The van der Waals surface area contributed by atoms with Gasteiger partial charge in [0.1, 0.15) is 5.75 Å². The van der Waals surface area contributed by atoms with E-state index in [1.54, 1.807) is 0 Å². The monoisotopic (exact) mass is 355 g/mol. The lowest BCUT2D eigenvalue weighted by atomic mass is 9.81. The van der Waals surface area contributed by atoms with Gasteiger partial charge in [-0.25, -0.2) is 0 Å². The zero-order valence-corrected chi connectivity index (χ0v) is 16.0. The lowest BCUT2D eigenvalue weighted by Crippen LogP contribution is -2.34. The third kappa shape index (κ3) is 2.93. The van der Waals surface area contributed by atoms with Gasteiger partial charge in [-0.05, 0) is 60.6 Å². The molecule has 2 bridgehead atoms. The number of ether oxygens (including phenoxy) is 1. The number of carbonyl (C=O) groups is 2. The maximum Gasteiger partial charge on any atom is 0.233 e. The molecule has 2 saturated carbocycles. The van der Waals surface area contributed by atoms with Crippen molar-refractivity contribution in [2.75, 3.05) is 13.2 Å². The molecule has 4 nitrogen and oxygen atoms in total. The van der Waals surface area contributed by atoms with Gasteiger partial charge < -0.3 is 4.74 Å². The van der Waals surface area contributed by atoms with Crippen LogP contribution >= 0.6 is 0 Å². The van der Waals surface area contributed by atoms with Gasteiger partial charge in [-0.1, -0.05) is 32.9 Å². The van der Waals surface area contributed by atoms with Crippen LogP contribution in [0, 0.1) is 23.7 Å². The molecule has 4 atom stereocenters. The lowest BCUT2D eigenvalue weighted by molar-refractivity contribution is -0.140. The first-order chi connectivity index (χ1) is 12.4. The van der Waals surface area contributed by atoms with E-state index in [0.29, 0.717) is 31.4 Å². The number of fused-ring (bicyclic) bond motifs is 5. The van der Waals surface area contributed by atoms with Crippen molar-refractivity contribution < 1.29 is 14.3 Å². The Bertz CT molecular complexity index is 692. The smallest absolute Gasteiger partial charge is 0.233 e. The molecular weight excluding hydrogens is 326 g/mol. The molecule has 1 aromatic rings. The van der Waals surface area contributed by atoms with Crippen molar-refractivity contribution in [3.63, 3.8) is 0 Å². The van der Waals surface area contributed by atoms with Crippen molar-refractivity contribution in [2.45, 2.75) is 51.9 Å². The van der Waals surface area contributed by atoms with Crippen LogP contribution < -0.4 is 4.74 Å². The van der Waals surface area contributed by atoms with Crippen molar-refractivity contribution in [1.82, 2.24) is 4.90 Å². The lowest BCUT2D eigenvalue weighted by Gasteiger charge is -2.20. The predicted molar refractivity (Wildman–Crippen MR) is 99.8 cm³/mol. The molecule has 4 rings (SSSR count). The van der Waals surface area contributed by atoms with Crippen molar-refractivity contribution in [2.24, 2.45) is 23.7 Å².